The van der Waals surface area contributed by atoms with Gasteiger partial charge in [0.05, 0.1) is 6.20 Å². The highest BCUT2D eigenvalue weighted by Gasteiger charge is 2.22. The monoisotopic (exact) mass is 309 g/mol. The van der Waals surface area contributed by atoms with Crippen LogP contribution in [-0.4, -0.2) is 23.4 Å². The molecule has 3 rings (SSSR count). The van der Waals surface area contributed by atoms with Gasteiger partial charge in [-0.15, -0.1) is 0 Å². The van der Waals surface area contributed by atoms with E-state index in [1.54, 1.807) is 6.20 Å². The fourth-order valence-electron chi connectivity index (χ4n) is 2.14. The summed E-state index contributed by atoms with van der Waals surface area (Å²) in [5, 5.41) is 6.69. The van der Waals surface area contributed by atoms with Crippen LogP contribution in [0.15, 0.2) is 16.7 Å². The third kappa shape index (κ3) is 1.64. The third-order valence-corrected chi connectivity index (χ3v) is 3.59. The van der Waals surface area contributed by atoms with Crippen LogP contribution in [-0.2, 0) is 0 Å². The van der Waals surface area contributed by atoms with E-state index in [0.717, 1.165) is 32.7 Å². The van der Waals surface area contributed by atoms with Crippen LogP contribution >= 0.6 is 15.9 Å². The summed E-state index contributed by atoms with van der Waals surface area (Å²) in [7, 11) is 0. The van der Waals surface area contributed by atoms with Crippen molar-refractivity contribution in [3.8, 4) is 22.6 Å². The van der Waals surface area contributed by atoms with Gasteiger partial charge < -0.3 is 15.2 Å². The number of nitrogen functional groups attached to an aromatic ring is 1. The molecule has 0 radical (unpaired) electrons. The second-order valence-electron chi connectivity index (χ2n) is 4.08. The zero-order chi connectivity index (χ0) is 12.7. The molecule has 6 heteroatoms. The van der Waals surface area contributed by atoms with Gasteiger partial charge in [-0.3, -0.25) is 5.10 Å². The smallest absolute Gasteiger partial charge is 0.164 e. The van der Waals surface area contributed by atoms with Crippen LogP contribution in [0.1, 0.15) is 5.56 Å². The van der Waals surface area contributed by atoms with Crippen LogP contribution in [0.4, 0.5) is 5.82 Å². The average molecular weight is 310 g/mol. The number of aromatic nitrogens is 2. The second kappa shape index (κ2) is 4.20. The number of H-pyrrole nitrogens is 1. The molecule has 3 N–H and O–H groups in total. The Morgan fingerprint density at radius 2 is 2.17 bits per heavy atom. The van der Waals surface area contributed by atoms with Crippen LogP contribution in [0, 0.1) is 6.92 Å². The van der Waals surface area contributed by atoms with Crippen molar-refractivity contribution in [2.24, 2.45) is 0 Å². The van der Waals surface area contributed by atoms with E-state index in [1.807, 2.05) is 13.0 Å². The molecule has 0 saturated carbocycles. The van der Waals surface area contributed by atoms with Crippen LogP contribution in [0.3, 0.4) is 0 Å². The van der Waals surface area contributed by atoms with Crippen LogP contribution < -0.4 is 15.2 Å². The minimum atomic E-state index is 0.537. The van der Waals surface area contributed by atoms with E-state index in [9.17, 15) is 0 Å². The lowest BCUT2D eigenvalue weighted by Crippen LogP contribution is -2.16. The molecule has 94 valence electrons. The molecule has 18 heavy (non-hydrogen) atoms. The van der Waals surface area contributed by atoms with Gasteiger partial charge in [-0.2, -0.15) is 5.10 Å². The van der Waals surface area contributed by atoms with Crippen molar-refractivity contribution < 1.29 is 9.47 Å². The van der Waals surface area contributed by atoms with E-state index in [1.165, 1.54) is 0 Å². The fraction of sp³-hybridized carbons (Fsp3) is 0.250. The SMILES string of the molecule is Cc1c2c(cc(Br)c1-c1cn[nH]c1N)OCCO2. The first-order valence-corrected chi connectivity index (χ1v) is 6.35. The minimum Gasteiger partial charge on any atom is -0.486 e. The average Bonchev–Trinajstić information content (AvgIpc) is 2.76. The predicted molar refractivity (Wildman–Crippen MR) is 71.9 cm³/mol. The summed E-state index contributed by atoms with van der Waals surface area (Å²) in [6, 6.07) is 1.91. The van der Waals surface area contributed by atoms with Gasteiger partial charge in [0.15, 0.2) is 11.5 Å². The number of halogens is 1. The van der Waals surface area contributed by atoms with Gasteiger partial charge in [0.2, 0.25) is 0 Å². The minimum absolute atomic E-state index is 0.537. The number of ether oxygens (including phenoxy) is 2. The lowest BCUT2D eigenvalue weighted by Gasteiger charge is -2.22. The zero-order valence-electron chi connectivity index (χ0n) is 9.79. The van der Waals surface area contributed by atoms with Gasteiger partial charge in [0, 0.05) is 21.2 Å². The molecular weight excluding hydrogens is 298 g/mol. The maximum Gasteiger partial charge on any atom is 0.164 e. The Bertz CT molecular complexity index is 610. The first kappa shape index (κ1) is 11.4. The van der Waals surface area contributed by atoms with Crippen molar-refractivity contribution in [3.63, 3.8) is 0 Å². The van der Waals surface area contributed by atoms with Gasteiger partial charge in [0.25, 0.3) is 0 Å². The lowest BCUT2D eigenvalue weighted by molar-refractivity contribution is 0.170. The summed E-state index contributed by atoms with van der Waals surface area (Å²) in [5.41, 5.74) is 8.70. The highest BCUT2D eigenvalue weighted by molar-refractivity contribution is 9.10. The summed E-state index contributed by atoms with van der Waals surface area (Å²) in [5.74, 6) is 2.08. The number of hydrogen-bond acceptors (Lipinski definition) is 4. The molecule has 5 nitrogen and oxygen atoms in total. The van der Waals surface area contributed by atoms with Crippen molar-refractivity contribution >= 4 is 21.7 Å². The molecular formula is C12H12BrN3O2. The molecule has 0 unspecified atom stereocenters. The number of nitrogens with one attached hydrogen (secondary N) is 1. The largest absolute Gasteiger partial charge is 0.486 e. The number of nitrogens with two attached hydrogens (primary N) is 1. The van der Waals surface area contributed by atoms with E-state index >= 15 is 0 Å². The van der Waals surface area contributed by atoms with Gasteiger partial charge in [-0.1, -0.05) is 0 Å². The quantitative estimate of drug-likeness (QED) is 0.849. The second-order valence-corrected chi connectivity index (χ2v) is 4.93. The van der Waals surface area contributed by atoms with Gasteiger partial charge in [-0.05, 0) is 28.9 Å². The van der Waals surface area contributed by atoms with Gasteiger partial charge >= 0.3 is 0 Å². The molecule has 2 heterocycles. The number of fused-ring (bicyclic) bond motifs is 1. The Balaban J connectivity index is 2.24. The van der Waals surface area contributed by atoms with Crippen molar-refractivity contribution in [3.05, 3.63) is 22.3 Å². The summed E-state index contributed by atoms with van der Waals surface area (Å²) in [4.78, 5) is 0. The topological polar surface area (TPSA) is 73.2 Å². The van der Waals surface area contributed by atoms with E-state index in [2.05, 4.69) is 26.1 Å². The zero-order valence-corrected chi connectivity index (χ0v) is 11.4. The van der Waals surface area contributed by atoms with Gasteiger partial charge in [0.1, 0.15) is 19.0 Å². The van der Waals surface area contributed by atoms with Crippen molar-refractivity contribution in [2.45, 2.75) is 6.92 Å². The number of aromatic amines is 1. The molecule has 1 aromatic carbocycles. The maximum absolute atomic E-state index is 5.88. The Kier molecular flexibility index (Phi) is 2.66. The number of benzene rings is 1. The molecule has 0 fully saturated rings. The molecule has 0 bridgehead atoms. The molecule has 0 amide bonds. The third-order valence-electron chi connectivity index (χ3n) is 2.96. The fourth-order valence-corrected chi connectivity index (χ4v) is 2.86. The predicted octanol–water partition coefficient (Wildman–Crippen LogP) is 2.50. The van der Waals surface area contributed by atoms with Crippen molar-refractivity contribution in [2.75, 3.05) is 18.9 Å². The summed E-state index contributed by atoms with van der Waals surface area (Å²) in [6.45, 7) is 3.13. The van der Waals surface area contributed by atoms with Crippen LogP contribution in [0.2, 0.25) is 0 Å². The van der Waals surface area contributed by atoms with Gasteiger partial charge in [-0.25, -0.2) is 0 Å². The summed E-state index contributed by atoms with van der Waals surface area (Å²) in [6.07, 6.45) is 1.71. The maximum atomic E-state index is 5.88. The number of rotatable bonds is 1. The van der Waals surface area contributed by atoms with Crippen molar-refractivity contribution in [1.82, 2.24) is 10.2 Å². The summed E-state index contributed by atoms with van der Waals surface area (Å²) >= 11 is 3.55. The van der Waals surface area contributed by atoms with Crippen LogP contribution in [0.5, 0.6) is 11.5 Å². The van der Waals surface area contributed by atoms with E-state index in [-0.39, 0.29) is 0 Å². The lowest BCUT2D eigenvalue weighted by atomic mass is 10.0. The normalized spacial score (nSPS) is 13.7. The summed E-state index contributed by atoms with van der Waals surface area (Å²) < 4.78 is 12.2. The highest BCUT2D eigenvalue weighted by Crippen LogP contribution is 2.44. The first-order chi connectivity index (χ1) is 8.68. The van der Waals surface area contributed by atoms with Crippen molar-refractivity contribution in [1.29, 1.82) is 0 Å². The molecule has 1 aliphatic rings. The Morgan fingerprint density at radius 1 is 1.39 bits per heavy atom. The molecule has 1 aliphatic heterocycles. The molecule has 0 aliphatic carbocycles. The number of nitrogens with zero attached hydrogens (tertiary/aromatic N) is 1. The van der Waals surface area contributed by atoms with Crippen LogP contribution in [0.25, 0.3) is 11.1 Å². The molecule has 2 aromatic rings. The first-order valence-electron chi connectivity index (χ1n) is 5.56. The molecule has 0 spiro atoms. The molecule has 1 aromatic heterocycles. The Morgan fingerprint density at radius 3 is 2.89 bits per heavy atom. The standard InChI is InChI=1S/C12H12BrN3O2/c1-6-10(7-5-15-16-12(7)14)8(13)4-9-11(6)18-3-2-17-9/h4-5H,2-3H2,1H3,(H3,14,15,16). The van der Waals surface area contributed by atoms with E-state index < -0.39 is 0 Å². The highest BCUT2D eigenvalue weighted by atomic mass is 79.9. The van der Waals surface area contributed by atoms with E-state index in [0.29, 0.717) is 19.0 Å². The number of anilines is 1. The Labute approximate surface area is 112 Å². The molecule has 0 saturated heterocycles. The molecule has 0 atom stereocenters. The Hall–Kier alpha value is -1.69. The van der Waals surface area contributed by atoms with E-state index in [4.69, 9.17) is 15.2 Å². The number of hydrogen-bond donors (Lipinski definition) is 2.